The number of carbonyl (C=O) groups is 2. The number of piperazine rings is 1. The molecule has 8 nitrogen and oxygen atoms in total. The Labute approximate surface area is 178 Å². The van der Waals surface area contributed by atoms with Crippen molar-refractivity contribution in [1.82, 2.24) is 9.80 Å². The molecule has 0 spiro atoms. The Morgan fingerprint density at radius 3 is 2.43 bits per heavy atom. The highest BCUT2D eigenvalue weighted by Crippen LogP contribution is 2.38. The number of esters is 1. The van der Waals surface area contributed by atoms with Crippen molar-refractivity contribution in [2.45, 2.75) is 51.4 Å². The highest BCUT2D eigenvalue weighted by Gasteiger charge is 2.52. The summed E-state index contributed by atoms with van der Waals surface area (Å²) in [6.45, 7) is 7.39. The fraction of sp³-hybridized carbons (Fsp3) is 0.636. The van der Waals surface area contributed by atoms with Crippen molar-refractivity contribution in [3.8, 4) is 11.5 Å². The number of benzene rings is 1. The van der Waals surface area contributed by atoms with Crippen molar-refractivity contribution in [3.05, 3.63) is 23.8 Å². The summed E-state index contributed by atoms with van der Waals surface area (Å²) in [5.41, 5.74) is 0.434. The number of fused-ring (bicyclic) bond motifs is 2. The monoisotopic (exact) mass is 420 g/mol. The number of nitrogens with zero attached hydrogens (tertiary/aromatic N) is 2. The summed E-state index contributed by atoms with van der Waals surface area (Å²) >= 11 is 0. The van der Waals surface area contributed by atoms with Gasteiger partial charge in [0.15, 0.2) is 0 Å². The standard InChI is InChI=1S/C22H32N2O6/c1-22(2,3)30-21(26)24-15-9-17(20(25)29-6)18(24)13-23(12-15)11-14-7-8-16(27-4)10-19(14)28-5/h7-8,10,15,17-18H,9,11-13H2,1-6H3. The number of hydrogen-bond donors (Lipinski definition) is 0. The lowest BCUT2D eigenvalue weighted by Crippen LogP contribution is -2.57. The fourth-order valence-electron chi connectivity index (χ4n) is 4.40. The Bertz CT molecular complexity index is 790. The van der Waals surface area contributed by atoms with Crippen LogP contribution in [0.25, 0.3) is 0 Å². The molecule has 2 bridgehead atoms. The molecule has 2 fully saturated rings. The number of hydrogen-bond acceptors (Lipinski definition) is 7. The molecule has 2 aliphatic rings. The van der Waals surface area contributed by atoms with Gasteiger partial charge in [0, 0.05) is 37.3 Å². The first kappa shape index (κ1) is 22.2. The summed E-state index contributed by atoms with van der Waals surface area (Å²) in [6.07, 6.45) is 0.206. The first-order chi connectivity index (χ1) is 14.2. The van der Waals surface area contributed by atoms with Crippen LogP contribution in [0.3, 0.4) is 0 Å². The predicted octanol–water partition coefficient (Wildman–Crippen LogP) is 2.69. The molecule has 0 saturated carbocycles. The quantitative estimate of drug-likeness (QED) is 0.678. The van der Waals surface area contributed by atoms with E-state index < -0.39 is 5.60 Å². The summed E-state index contributed by atoms with van der Waals surface area (Å²) < 4.78 is 21.4. The van der Waals surface area contributed by atoms with Crippen LogP contribution in [-0.4, -0.2) is 74.0 Å². The van der Waals surface area contributed by atoms with E-state index in [0.717, 1.165) is 17.1 Å². The van der Waals surface area contributed by atoms with Crippen LogP contribution in [0.5, 0.6) is 11.5 Å². The zero-order valence-corrected chi connectivity index (χ0v) is 18.6. The predicted molar refractivity (Wildman–Crippen MR) is 111 cm³/mol. The Morgan fingerprint density at radius 2 is 1.83 bits per heavy atom. The lowest BCUT2D eigenvalue weighted by molar-refractivity contribution is -0.146. The minimum absolute atomic E-state index is 0.105. The van der Waals surface area contributed by atoms with Gasteiger partial charge in [0.25, 0.3) is 0 Å². The third kappa shape index (κ3) is 4.64. The Hall–Kier alpha value is -2.48. The van der Waals surface area contributed by atoms with Gasteiger partial charge in [-0.15, -0.1) is 0 Å². The number of rotatable bonds is 5. The van der Waals surface area contributed by atoms with Gasteiger partial charge in [0.1, 0.15) is 17.1 Å². The van der Waals surface area contributed by atoms with E-state index in [-0.39, 0.29) is 30.1 Å². The molecule has 0 aliphatic carbocycles. The van der Waals surface area contributed by atoms with E-state index in [0.29, 0.717) is 26.1 Å². The van der Waals surface area contributed by atoms with E-state index in [1.165, 1.54) is 7.11 Å². The number of carbonyl (C=O) groups excluding carboxylic acids is 2. The van der Waals surface area contributed by atoms with E-state index in [1.54, 1.807) is 19.1 Å². The molecule has 0 radical (unpaired) electrons. The second-order valence-electron chi connectivity index (χ2n) is 8.85. The number of amides is 1. The molecular weight excluding hydrogens is 388 g/mol. The number of likely N-dealkylation sites (tertiary alicyclic amines) is 1. The lowest BCUT2D eigenvalue weighted by atomic mass is 10.0. The summed E-state index contributed by atoms with van der Waals surface area (Å²) in [6, 6.07) is 5.36. The van der Waals surface area contributed by atoms with Crippen LogP contribution in [0.4, 0.5) is 4.79 Å². The van der Waals surface area contributed by atoms with Crippen LogP contribution in [0, 0.1) is 5.92 Å². The first-order valence-electron chi connectivity index (χ1n) is 10.2. The first-order valence-corrected chi connectivity index (χ1v) is 10.2. The van der Waals surface area contributed by atoms with Crippen molar-refractivity contribution < 1.29 is 28.5 Å². The molecule has 1 aromatic rings. The lowest BCUT2D eigenvalue weighted by Gasteiger charge is -2.41. The molecule has 30 heavy (non-hydrogen) atoms. The zero-order chi connectivity index (χ0) is 22.1. The molecule has 8 heteroatoms. The number of ether oxygens (including phenoxy) is 4. The smallest absolute Gasteiger partial charge is 0.410 e. The van der Waals surface area contributed by atoms with Crippen molar-refractivity contribution in [2.75, 3.05) is 34.4 Å². The maximum atomic E-state index is 12.9. The molecule has 2 heterocycles. The Balaban J connectivity index is 1.80. The summed E-state index contributed by atoms with van der Waals surface area (Å²) in [5, 5.41) is 0. The van der Waals surface area contributed by atoms with E-state index in [4.69, 9.17) is 18.9 Å². The van der Waals surface area contributed by atoms with Crippen molar-refractivity contribution in [2.24, 2.45) is 5.92 Å². The molecule has 3 atom stereocenters. The van der Waals surface area contributed by atoms with Crippen molar-refractivity contribution >= 4 is 12.1 Å². The van der Waals surface area contributed by atoms with Crippen molar-refractivity contribution in [3.63, 3.8) is 0 Å². The molecule has 0 aromatic heterocycles. The van der Waals surface area contributed by atoms with Crippen LogP contribution in [0.2, 0.25) is 0 Å². The second kappa shape index (κ2) is 8.71. The third-order valence-corrected chi connectivity index (χ3v) is 5.65. The Morgan fingerprint density at radius 1 is 1.10 bits per heavy atom. The van der Waals surface area contributed by atoms with Gasteiger partial charge >= 0.3 is 12.1 Å². The molecule has 1 amide bonds. The topological polar surface area (TPSA) is 77.5 Å². The van der Waals surface area contributed by atoms with E-state index in [2.05, 4.69) is 4.90 Å². The largest absolute Gasteiger partial charge is 0.497 e. The van der Waals surface area contributed by atoms with Crippen LogP contribution in [0.1, 0.15) is 32.8 Å². The molecular formula is C22H32N2O6. The third-order valence-electron chi connectivity index (χ3n) is 5.65. The SMILES string of the molecule is COC(=O)C1CC2CN(Cc3ccc(OC)cc3OC)CC1N2C(=O)OC(C)(C)C. The molecule has 2 aliphatic heterocycles. The Kier molecular flexibility index (Phi) is 6.45. The highest BCUT2D eigenvalue weighted by atomic mass is 16.6. The second-order valence-corrected chi connectivity index (χ2v) is 8.85. The zero-order valence-electron chi connectivity index (χ0n) is 18.6. The van der Waals surface area contributed by atoms with Gasteiger partial charge in [-0.1, -0.05) is 6.07 Å². The van der Waals surface area contributed by atoms with E-state index in [1.807, 2.05) is 39.0 Å². The molecule has 1 aromatic carbocycles. The average Bonchev–Trinajstić information content (AvgIpc) is 2.94. The van der Waals surface area contributed by atoms with E-state index >= 15 is 0 Å². The van der Waals surface area contributed by atoms with Crippen LogP contribution < -0.4 is 9.47 Å². The van der Waals surface area contributed by atoms with Gasteiger partial charge in [-0.3, -0.25) is 14.6 Å². The summed E-state index contributed by atoms with van der Waals surface area (Å²) in [7, 11) is 4.65. The van der Waals surface area contributed by atoms with Gasteiger partial charge in [-0.05, 0) is 33.3 Å². The van der Waals surface area contributed by atoms with Crippen LogP contribution >= 0.6 is 0 Å². The van der Waals surface area contributed by atoms with Crippen LogP contribution in [-0.2, 0) is 20.8 Å². The minimum Gasteiger partial charge on any atom is -0.497 e. The van der Waals surface area contributed by atoms with Crippen molar-refractivity contribution in [1.29, 1.82) is 0 Å². The highest BCUT2D eigenvalue weighted by molar-refractivity contribution is 5.77. The molecule has 2 saturated heterocycles. The van der Waals surface area contributed by atoms with E-state index in [9.17, 15) is 9.59 Å². The van der Waals surface area contributed by atoms with Gasteiger partial charge in [0.2, 0.25) is 0 Å². The van der Waals surface area contributed by atoms with Gasteiger partial charge in [-0.2, -0.15) is 0 Å². The fourth-order valence-corrected chi connectivity index (χ4v) is 4.40. The number of methoxy groups -OCH3 is 3. The van der Waals surface area contributed by atoms with Gasteiger partial charge in [-0.25, -0.2) is 4.79 Å². The molecule has 0 N–H and O–H groups in total. The summed E-state index contributed by atoms with van der Waals surface area (Å²) in [4.78, 5) is 29.3. The maximum absolute atomic E-state index is 12.9. The molecule has 166 valence electrons. The normalized spacial score (nSPS) is 23.8. The maximum Gasteiger partial charge on any atom is 0.410 e. The van der Waals surface area contributed by atoms with Crippen LogP contribution in [0.15, 0.2) is 18.2 Å². The summed E-state index contributed by atoms with van der Waals surface area (Å²) in [5.74, 6) is 0.854. The average molecular weight is 421 g/mol. The molecule has 3 unspecified atom stereocenters. The van der Waals surface area contributed by atoms with Gasteiger partial charge in [0.05, 0.1) is 33.3 Å². The minimum atomic E-state index is -0.592. The molecule has 3 rings (SSSR count). The van der Waals surface area contributed by atoms with Gasteiger partial charge < -0.3 is 18.9 Å².